The molecule has 2 aromatic rings. The van der Waals surface area contributed by atoms with E-state index >= 15 is 0 Å². The zero-order chi connectivity index (χ0) is 26.6. The van der Waals surface area contributed by atoms with Gasteiger partial charge in [-0.2, -0.15) is 0 Å². The Morgan fingerprint density at radius 2 is 2.00 bits per heavy atom. The molecule has 4 atom stereocenters. The van der Waals surface area contributed by atoms with Crippen LogP contribution in [-0.4, -0.2) is 58.1 Å². The second kappa shape index (κ2) is 12.5. The molecular formula is C27H37IN4O4S. The Morgan fingerprint density at radius 3 is 2.70 bits per heavy atom. The molecule has 1 saturated heterocycles. The van der Waals surface area contributed by atoms with Crippen molar-refractivity contribution in [2.75, 3.05) is 13.6 Å². The second-order valence-electron chi connectivity index (χ2n) is 10.4. The van der Waals surface area contributed by atoms with E-state index in [0.29, 0.717) is 23.6 Å². The van der Waals surface area contributed by atoms with Crippen LogP contribution in [0.3, 0.4) is 0 Å². The molecule has 0 radical (unpaired) electrons. The minimum absolute atomic E-state index is 0.0132. The number of nitrogens with zero attached hydrogens (tertiary/aromatic N) is 2. The Labute approximate surface area is 237 Å². The molecule has 1 aromatic carbocycles. The fraction of sp³-hybridized carbons (Fsp3) is 0.593. The molecule has 202 valence electrons. The molecule has 1 aliphatic carbocycles. The molecule has 2 aliphatic rings. The number of carbonyl (C=O) groups is 2. The Kier molecular flexibility index (Phi) is 9.60. The Hall–Kier alpha value is -1.60. The van der Waals surface area contributed by atoms with Crippen molar-refractivity contribution >= 4 is 46.0 Å². The minimum atomic E-state index is -0.886. The van der Waals surface area contributed by atoms with Crippen LogP contribution >= 0.6 is 34.3 Å². The number of likely N-dealkylation sites (tertiary alicyclic amines) is 1. The maximum absolute atomic E-state index is 14.3. The highest BCUT2D eigenvalue weighted by Gasteiger charge is 2.48. The molecule has 2 fully saturated rings. The predicted octanol–water partition coefficient (Wildman–Crippen LogP) is 4.62. The third-order valence-corrected chi connectivity index (χ3v) is 9.44. The van der Waals surface area contributed by atoms with Gasteiger partial charge in [0.2, 0.25) is 11.7 Å². The zero-order valence-electron chi connectivity index (χ0n) is 21.7. The number of hydrogen-bond acceptors (Lipinski definition) is 8. The van der Waals surface area contributed by atoms with E-state index in [-0.39, 0.29) is 29.7 Å². The van der Waals surface area contributed by atoms with Crippen LogP contribution < -0.4 is 13.7 Å². The summed E-state index contributed by atoms with van der Waals surface area (Å²) in [6, 6.07) is 6.67. The van der Waals surface area contributed by atoms with E-state index in [4.69, 9.17) is 8.05 Å². The van der Waals surface area contributed by atoms with Crippen molar-refractivity contribution in [3.63, 3.8) is 0 Å². The summed E-state index contributed by atoms with van der Waals surface area (Å²) < 4.78 is 5.23. The van der Waals surface area contributed by atoms with Gasteiger partial charge < -0.3 is 18.4 Å². The van der Waals surface area contributed by atoms with Crippen LogP contribution in [0, 0.1) is 5.92 Å². The van der Waals surface area contributed by atoms with Gasteiger partial charge in [0.15, 0.2) is 23.0 Å². The minimum Gasteiger partial charge on any atom is -0.428 e. The van der Waals surface area contributed by atoms with Gasteiger partial charge in [0.25, 0.3) is 0 Å². The molecule has 0 spiro atoms. The number of thiazole rings is 1. The summed E-state index contributed by atoms with van der Waals surface area (Å²) in [5.41, 5.74) is 0.0204. The van der Waals surface area contributed by atoms with E-state index in [9.17, 15) is 14.7 Å². The lowest BCUT2D eigenvalue weighted by molar-refractivity contribution is -0.144. The van der Waals surface area contributed by atoms with Crippen molar-refractivity contribution in [2.45, 2.75) is 82.6 Å². The van der Waals surface area contributed by atoms with Crippen molar-refractivity contribution in [3.05, 3.63) is 45.9 Å². The molecule has 1 saturated carbocycles. The standard InChI is InChI=1S/C27H37IN4O4S/c1-17(29-3)24(34)31-27(2,19-10-5-4-6-11-19)26(35)32-14-8-13-22(32)25-30-21(16-37-25)23(33)18-9-7-12-20(15-18)36-28/h7,9,12,15-17,19,22,24,29,31,34H,4-6,8,10-11,13-14H2,1-3H3/t17-,22-,24?,27-/m0/s1. The lowest BCUT2D eigenvalue weighted by Crippen LogP contribution is -2.65. The molecule has 4 rings (SSSR count). The van der Waals surface area contributed by atoms with E-state index in [1.54, 1.807) is 59.7 Å². The highest BCUT2D eigenvalue weighted by atomic mass is 127. The largest absolute Gasteiger partial charge is 0.428 e. The fourth-order valence-corrected chi connectivity index (χ4v) is 6.79. The van der Waals surface area contributed by atoms with Crippen molar-refractivity contribution in [2.24, 2.45) is 5.92 Å². The number of nitrogens with one attached hydrogen (secondary N) is 2. The molecule has 1 amide bonds. The lowest BCUT2D eigenvalue weighted by atomic mass is 9.74. The smallest absolute Gasteiger partial charge is 0.243 e. The van der Waals surface area contributed by atoms with Crippen LogP contribution in [0.5, 0.6) is 5.75 Å². The number of aliphatic hydroxyl groups excluding tert-OH is 1. The average Bonchev–Trinajstić information content (AvgIpc) is 3.62. The quantitative estimate of drug-likeness (QED) is 0.198. The first kappa shape index (κ1) is 28.4. The molecule has 0 bridgehead atoms. The van der Waals surface area contributed by atoms with Crippen LogP contribution in [-0.2, 0) is 4.79 Å². The van der Waals surface area contributed by atoms with E-state index in [2.05, 4.69) is 10.6 Å². The fourth-order valence-electron chi connectivity index (χ4n) is 5.57. The van der Waals surface area contributed by atoms with Gasteiger partial charge >= 0.3 is 0 Å². The van der Waals surface area contributed by atoms with Crippen LogP contribution in [0.25, 0.3) is 0 Å². The van der Waals surface area contributed by atoms with Crippen LogP contribution in [0.1, 0.15) is 85.9 Å². The maximum Gasteiger partial charge on any atom is 0.243 e. The maximum atomic E-state index is 14.3. The van der Waals surface area contributed by atoms with Gasteiger partial charge in [0, 0.05) is 23.5 Å². The van der Waals surface area contributed by atoms with Gasteiger partial charge in [-0.25, -0.2) is 4.98 Å². The van der Waals surface area contributed by atoms with Gasteiger partial charge in [-0.05, 0) is 64.6 Å². The summed E-state index contributed by atoms with van der Waals surface area (Å²) in [6.07, 6.45) is 6.13. The summed E-state index contributed by atoms with van der Waals surface area (Å²) in [4.78, 5) is 34.0. The average molecular weight is 641 g/mol. The number of aliphatic hydroxyl groups is 1. The van der Waals surface area contributed by atoms with Crippen LogP contribution in [0.15, 0.2) is 29.6 Å². The monoisotopic (exact) mass is 640 g/mol. The van der Waals surface area contributed by atoms with Gasteiger partial charge in [-0.3, -0.25) is 14.9 Å². The van der Waals surface area contributed by atoms with Crippen molar-refractivity contribution in [3.8, 4) is 5.75 Å². The van der Waals surface area contributed by atoms with Gasteiger partial charge in [-0.1, -0.05) is 31.4 Å². The van der Waals surface area contributed by atoms with E-state index < -0.39 is 11.8 Å². The predicted molar refractivity (Wildman–Crippen MR) is 153 cm³/mol. The molecular weight excluding hydrogens is 603 g/mol. The zero-order valence-corrected chi connectivity index (χ0v) is 24.7. The third kappa shape index (κ3) is 6.19. The summed E-state index contributed by atoms with van der Waals surface area (Å²) in [5.74, 6) is 0.610. The molecule has 37 heavy (non-hydrogen) atoms. The van der Waals surface area contributed by atoms with Crippen LogP contribution in [0.4, 0.5) is 0 Å². The Morgan fingerprint density at radius 1 is 1.24 bits per heavy atom. The number of halogens is 1. The summed E-state index contributed by atoms with van der Waals surface area (Å²) in [5, 5.41) is 19.9. The lowest BCUT2D eigenvalue weighted by Gasteiger charge is -2.44. The Bertz CT molecular complexity index is 1090. The molecule has 3 N–H and O–H groups in total. The van der Waals surface area contributed by atoms with Crippen molar-refractivity contribution in [1.82, 2.24) is 20.5 Å². The molecule has 1 unspecified atom stereocenters. The molecule has 1 aliphatic heterocycles. The first-order valence-electron chi connectivity index (χ1n) is 13.1. The molecule has 8 nitrogen and oxygen atoms in total. The van der Waals surface area contributed by atoms with Crippen LogP contribution in [0.2, 0.25) is 0 Å². The topological polar surface area (TPSA) is 104 Å². The highest BCUT2D eigenvalue weighted by Crippen LogP contribution is 2.40. The molecule has 1 aromatic heterocycles. The summed E-state index contributed by atoms with van der Waals surface area (Å²) >= 11 is 3.23. The number of amides is 1. The van der Waals surface area contributed by atoms with E-state index in [0.717, 1.165) is 43.5 Å². The van der Waals surface area contributed by atoms with Gasteiger partial charge in [0.1, 0.15) is 28.2 Å². The first-order valence-corrected chi connectivity index (χ1v) is 14.9. The van der Waals surface area contributed by atoms with Crippen molar-refractivity contribution < 1.29 is 17.8 Å². The SMILES string of the molecule is CN[C@@H](C)C(O)N[C@](C)(C(=O)N1CCC[C@H]1c1nc(C(=O)c2cccc(OI)c2)cs1)C1CCCCC1. The summed E-state index contributed by atoms with van der Waals surface area (Å²) in [7, 11) is 1.80. The van der Waals surface area contributed by atoms with Gasteiger partial charge in [-0.15, -0.1) is 11.3 Å². The number of benzene rings is 1. The molecule has 2 heterocycles. The van der Waals surface area contributed by atoms with E-state index in [1.807, 2.05) is 18.7 Å². The third-order valence-electron chi connectivity index (χ3n) is 7.98. The first-order chi connectivity index (χ1) is 17.8. The molecule has 10 heteroatoms. The normalized spacial score (nSPS) is 21.9. The number of hydrogen-bond donors (Lipinski definition) is 3. The van der Waals surface area contributed by atoms with E-state index in [1.165, 1.54) is 17.8 Å². The number of aromatic nitrogens is 1. The summed E-state index contributed by atoms with van der Waals surface area (Å²) in [6.45, 7) is 4.51. The van der Waals surface area contributed by atoms with Crippen molar-refractivity contribution in [1.29, 1.82) is 0 Å². The number of rotatable bonds is 10. The second-order valence-corrected chi connectivity index (χ2v) is 11.7. The highest BCUT2D eigenvalue weighted by molar-refractivity contribution is 14.1. The number of ketones is 1. The van der Waals surface area contributed by atoms with Gasteiger partial charge in [0.05, 0.1) is 6.04 Å². The Balaban J connectivity index is 1.57. The number of likely N-dealkylation sites (N-methyl/N-ethyl adjacent to an activating group) is 1. The number of carbonyl (C=O) groups excluding carboxylic acids is 2.